The van der Waals surface area contributed by atoms with Crippen molar-refractivity contribution in [3.63, 3.8) is 0 Å². The number of carbonyl (C=O) groups is 2. The van der Waals surface area contributed by atoms with E-state index in [0.717, 1.165) is 17.9 Å². The van der Waals surface area contributed by atoms with E-state index in [9.17, 15) is 9.59 Å². The molecule has 146 valence electrons. The maximum atomic E-state index is 11.4. The molecule has 11 nitrogen and oxygen atoms in total. The molecule has 1 heterocycles. The van der Waals surface area contributed by atoms with Crippen molar-refractivity contribution in [1.82, 2.24) is 5.06 Å². The summed E-state index contributed by atoms with van der Waals surface area (Å²) in [7, 11) is 2.92. The summed E-state index contributed by atoms with van der Waals surface area (Å²) in [4.78, 5) is 34.7. The number of aliphatic imine (C=N–C) groups is 1. The fourth-order valence-electron chi connectivity index (χ4n) is 2.00. The molecule has 1 saturated heterocycles. The van der Waals surface area contributed by atoms with E-state index in [4.69, 9.17) is 32.7 Å². The molecule has 8 N–H and O–H groups in total. The van der Waals surface area contributed by atoms with Crippen LogP contribution in [0.2, 0.25) is 0 Å². The highest BCUT2D eigenvalue weighted by atomic mass is 16.7. The molecular formula is C14H30N6O5. The molecular weight excluding hydrogens is 332 g/mol. The minimum Gasteiger partial charge on any atom is -0.381 e. The SMILES string of the molecule is CON(C)C(=O)[C@@H](N)CCCN=C(N)N.NOC(=O)C1CCOCC1. The molecule has 1 fully saturated rings. The van der Waals surface area contributed by atoms with Gasteiger partial charge >= 0.3 is 5.97 Å². The highest BCUT2D eigenvalue weighted by Gasteiger charge is 2.22. The number of hydrogen-bond donors (Lipinski definition) is 4. The summed E-state index contributed by atoms with van der Waals surface area (Å²) >= 11 is 0. The molecule has 0 bridgehead atoms. The summed E-state index contributed by atoms with van der Waals surface area (Å²) in [6.45, 7) is 1.75. The van der Waals surface area contributed by atoms with Crippen LogP contribution in [-0.2, 0) is 24.0 Å². The molecule has 25 heavy (non-hydrogen) atoms. The first-order valence-electron chi connectivity index (χ1n) is 7.94. The van der Waals surface area contributed by atoms with E-state index in [2.05, 4.69) is 9.83 Å². The van der Waals surface area contributed by atoms with Crippen LogP contribution in [0.1, 0.15) is 25.7 Å². The molecule has 0 spiro atoms. The van der Waals surface area contributed by atoms with Crippen LogP contribution < -0.4 is 23.1 Å². The number of likely N-dealkylation sites (N-methyl/N-ethyl adjacent to an activating group) is 1. The van der Waals surface area contributed by atoms with E-state index < -0.39 is 6.04 Å². The molecule has 1 rings (SSSR count). The smallest absolute Gasteiger partial charge is 0.327 e. The maximum absolute atomic E-state index is 11.4. The van der Waals surface area contributed by atoms with E-state index in [1.165, 1.54) is 14.2 Å². The molecule has 0 aromatic rings. The molecule has 0 radical (unpaired) electrons. The third-order valence-electron chi connectivity index (χ3n) is 3.54. The van der Waals surface area contributed by atoms with Gasteiger partial charge in [-0.15, -0.1) is 0 Å². The van der Waals surface area contributed by atoms with E-state index >= 15 is 0 Å². The lowest BCUT2D eigenvalue weighted by Crippen LogP contribution is -2.41. The zero-order valence-electron chi connectivity index (χ0n) is 14.8. The first-order chi connectivity index (χ1) is 11.8. The van der Waals surface area contributed by atoms with Gasteiger partial charge < -0.3 is 26.8 Å². The van der Waals surface area contributed by atoms with Gasteiger partial charge in [0.2, 0.25) is 0 Å². The topological polar surface area (TPSA) is 182 Å². The largest absolute Gasteiger partial charge is 0.381 e. The van der Waals surface area contributed by atoms with Crippen LogP contribution in [0.3, 0.4) is 0 Å². The number of hydrogen-bond acceptors (Lipinski definition) is 8. The molecule has 1 atom stereocenters. The van der Waals surface area contributed by atoms with Crippen LogP contribution in [0.15, 0.2) is 4.99 Å². The Bertz CT molecular complexity index is 424. The fraction of sp³-hybridized carbons (Fsp3) is 0.786. The number of hydroxylamine groups is 2. The van der Waals surface area contributed by atoms with Gasteiger partial charge in [0.15, 0.2) is 5.96 Å². The number of guanidine groups is 1. The van der Waals surface area contributed by atoms with E-state index in [0.29, 0.717) is 32.6 Å². The Morgan fingerprint density at radius 2 is 1.92 bits per heavy atom. The molecule has 11 heteroatoms. The average Bonchev–Trinajstić information content (AvgIpc) is 2.64. The summed E-state index contributed by atoms with van der Waals surface area (Å²) < 4.78 is 5.05. The molecule has 0 aliphatic carbocycles. The van der Waals surface area contributed by atoms with Gasteiger partial charge in [-0.2, -0.15) is 5.90 Å². The van der Waals surface area contributed by atoms with E-state index in [1.54, 1.807) is 0 Å². The number of nitrogens with two attached hydrogens (primary N) is 4. The number of ether oxygens (including phenoxy) is 1. The van der Waals surface area contributed by atoms with Crippen molar-refractivity contribution in [2.75, 3.05) is 33.9 Å². The predicted octanol–water partition coefficient (Wildman–Crippen LogP) is -1.78. The third kappa shape index (κ3) is 10.5. The summed E-state index contributed by atoms with van der Waals surface area (Å²) in [6.07, 6.45) is 2.64. The van der Waals surface area contributed by atoms with Gasteiger partial charge in [-0.05, 0) is 25.7 Å². The van der Waals surface area contributed by atoms with Gasteiger partial charge in [0, 0.05) is 26.8 Å². The van der Waals surface area contributed by atoms with Crippen molar-refractivity contribution in [3.8, 4) is 0 Å². The Morgan fingerprint density at radius 1 is 1.32 bits per heavy atom. The van der Waals surface area contributed by atoms with Crippen molar-refractivity contribution < 1.29 is 24.0 Å². The highest BCUT2D eigenvalue weighted by molar-refractivity contribution is 5.80. The van der Waals surface area contributed by atoms with Gasteiger partial charge in [-0.1, -0.05) is 0 Å². The number of nitrogens with zero attached hydrogens (tertiary/aromatic N) is 2. The third-order valence-corrected chi connectivity index (χ3v) is 3.54. The second kappa shape index (κ2) is 13.4. The number of amides is 1. The Labute approximate surface area is 147 Å². The molecule has 1 amide bonds. The Kier molecular flexibility index (Phi) is 12.3. The summed E-state index contributed by atoms with van der Waals surface area (Å²) in [5, 5.41) is 1.10. The van der Waals surface area contributed by atoms with Gasteiger partial charge in [0.05, 0.1) is 19.1 Å². The van der Waals surface area contributed by atoms with Gasteiger partial charge in [-0.3, -0.25) is 19.4 Å². The lowest BCUT2D eigenvalue weighted by atomic mass is 10.0. The normalized spacial score (nSPS) is 15.4. The van der Waals surface area contributed by atoms with Crippen molar-refractivity contribution in [3.05, 3.63) is 0 Å². The zero-order valence-corrected chi connectivity index (χ0v) is 14.8. The Hall–Kier alpha value is -1.95. The lowest BCUT2D eigenvalue weighted by molar-refractivity contribution is -0.170. The van der Waals surface area contributed by atoms with Crippen LogP contribution in [-0.4, -0.2) is 62.9 Å². The van der Waals surface area contributed by atoms with E-state index in [1.807, 2.05) is 0 Å². The van der Waals surface area contributed by atoms with Gasteiger partial charge in [-0.25, -0.2) is 5.06 Å². The van der Waals surface area contributed by atoms with Gasteiger partial charge in [0.1, 0.15) is 0 Å². The summed E-state index contributed by atoms with van der Waals surface area (Å²) in [6, 6.07) is -0.579. The molecule has 1 aliphatic rings. The standard InChI is InChI=1S/C8H19N5O2.C6H11NO3/c1-13(15-2)7(14)6(9)4-3-5-12-8(10)11;7-10-6(8)5-1-3-9-4-2-5/h6H,3-5,9H2,1-2H3,(H4,10,11,12);5H,1-4,7H2/t6-;/m0./s1. The molecule has 0 aromatic carbocycles. The van der Waals surface area contributed by atoms with Crippen LogP contribution in [0, 0.1) is 5.92 Å². The van der Waals surface area contributed by atoms with Gasteiger partial charge in [0.25, 0.3) is 5.91 Å². The minimum atomic E-state index is -0.579. The number of carbonyl (C=O) groups excluding carboxylic acids is 2. The van der Waals surface area contributed by atoms with Crippen LogP contribution >= 0.6 is 0 Å². The van der Waals surface area contributed by atoms with Crippen LogP contribution in [0.4, 0.5) is 0 Å². The van der Waals surface area contributed by atoms with Crippen molar-refractivity contribution >= 4 is 17.8 Å². The molecule has 1 aliphatic heterocycles. The van der Waals surface area contributed by atoms with Crippen LogP contribution in [0.25, 0.3) is 0 Å². The van der Waals surface area contributed by atoms with Crippen molar-refractivity contribution in [2.45, 2.75) is 31.7 Å². The van der Waals surface area contributed by atoms with E-state index in [-0.39, 0.29) is 23.8 Å². The number of rotatable bonds is 7. The summed E-state index contributed by atoms with van der Waals surface area (Å²) in [5.74, 6) is 4.14. The summed E-state index contributed by atoms with van der Waals surface area (Å²) in [5.41, 5.74) is 15.9. The second-order valence-corrected chi connectivity index (χ2v) is 5.40. The maximum Gasteiger partial charge on any atom is 0.327 e. The highest BCUT2D eigenvalue weighted by Crippen LogP contribution is 2.14. The Balaban J connectivity index is 0.000000496. The molecule has 0 aromatic heterocycles. The first-order valence-corrected chi connectivity index (χ1v) is 7.94. The van der Waals surface area contributed by atoms with Crippen molar-refractivity contribution in [1.29, 1.82) is 0 Å². The fourth-order valence-corrected chi connectivity index (χ4v) is 2.00. The minimum absolute atomic E-state index is 0.0428. The predicted molar refractivity (Wildman–Crippen MR) is 91.5 cm³/mol. The Morgan fingerprint density at radius 3 is 2.40 bits per heavy atom. The monoisotopic (exact) mass is 362 g/mol. The molecule has 0 saturated carbocycles. The zero-order chi connectivity index (χ0) is 19.2. The average molecular weight is 362 g/mol. The van der Waals surface area contributed by atoms with Crippen molar-refractivity contribution in [2.24, 2.45) is 34.0 Å². The van der Waals surface area contributed by atoms with Crippen LogP contribution in [0.5, 0.6) is 0 Å². The molecule has 0 unspecified atom stereocenters. The lowest BCUT2D eigenvalue weighted by Gasteiger charge is -2.18. The quantitative estimate of drug-likeness (QED) is 0.176. The second-order valence-electron chi connectivity index (χ2n) is 5.40. The first kappa shape index (κ1) is 23.1.